The fourth-order valence-electron chi connectivity index (χ4n) is 3.13. The van der Waals surface area contributed by atoms with Crippen molar-refractivity contribution in [1.29, 1.82) is 0 Å². The Hall–Kier alpha value is -2.39. The Kier molecular flexibility index (Phi) is 6.54. The third-order valence-electron chi connectivity index (χ3n) is 5.00. The number of amides is 1. The number of hydrazine groups is 1. The molecule has 2 N–H and O–H groups in total. The van der Waals surface area contributed by atoms with Crippen LogP contribution in [0.15, 0.2) is 67.3 Å². The van der Waals surface area contributed by atoms with Gasteiger partial charge in [-0.05, 0) is 42.0 Å². The highest BCUT2D eigenvalue weighted by Gasteiger charge is 2.35. The van der Waals surface area contributed by atoms with Crippen LogP contribution in [0.4, 0.5) is 0 Å². The van der Waals surface area contributed by atoms with Gasteiger partial charge in [0.1, 0.15) is 0 Å². The standard InChI is InChI=1S/C22H28N2O/c1-5-17(4)22(7-3,20-15-13-18(6-2)14-16-20)24-23-21(25)19-11-9-8-10-12-19/h5,8-17,24H,1,6-7H2,2-4H3,(H,23,25)/t17-,22-/m0/s1. The summed E-state index contributed by atoms with van der Waals surface area (Å²) in [6.45, 7) is 10.3. The molecule has 0 aliphatic heterocycles. The molecule has 25 heavy (non-hydrogen) atoms. The number of rotatable bonds is 8. The first-order valence-corrected chi connectivity index (χ1v) is 8.92. The molecule has 0 saturated carbocycles. The minimum Gasteiger partial charge on any atom is -0.287 e. The second-order valence-corrected chi connectivity index (χ2v) is 6.34. The third kappa shape index (κ3) is 4.18. The van der Waals surface area contributed by atoms with E-state index in [0.717, 1.165) is 18.4 Å². The predicted molar refractivity (Wildman–Crippen MR) is 104 cm³/mol. The highest BCUT2D eigenvalue weighted by molar-refractivity contribution is 5.93. The van der Waals surface area contributed by atoms with Crippen LogP contribution < -0.4 is 10.9 Å². The summed E-state index contributed by atoms with van der Waals surface area (Å²) in [5, 5.41) is 0. The average molecular weight is 336 g/mol. The van der Waals surface area contributed by atoms with E-state index in [0.29, 0.717) is 5.56 Å². The number of aryl methyl sites for hydroxylation is 1. The van der Waals surface area contributed by atoms with Crippen molar-refractivity contribution in [3.05, 3.63) is 83.9 Å². The van der Waals surface area contributed by atoms with Gasteiger partial charge in [0.2, 0.25) is 0 Å². The molecule has 0 spiro atoms. The molecule has 0 radical (unpaired) electrons. The van der Waals surface area contributed by atoms with Crippen molar-refractivity contribution in [2.45, 2.75) is 39.2 Å². The van der Waals surface area contributed by atoms with E-state index in [9.17, 15) is 4.79 Å². The fourth-order valence-corrected chi connectivity index (χ4v) is 3.13. The third-order valence-corrected chi connectivity index (χ3v) is 5.00. The van der Waals surface area contributed by atoms with E-state index in [1.54, 1.807) is 12.1 Å². The molecule has 0 aliphatic rings. The van der Waals surface area contributed by atoms with Crippen molar-refractivity contribution < 1.29 is 4.79 Å². The van der Waals surface area contributed by atoms with Crippen molar-refractivity contribution in [3.8, 4) is 0 Å². The zero-order chi connectivity index (χ0) is 18.3. The lowest BCUT2D eigenvalue weighted by Crippen LogP contribution is -2.55. The van der Waals surface area contributed by atoms with Crippen molar-refractivity contribution in [3.63, 3.8) is 0 Å². The van der Waals surface area contributed by atoms with E-state index in [-0.39, 0.29) is 11.8 Å². The van der Waals surface area contributed by atoms with Crippen molar-refractivity contribution in [2.24, 2.45) is 5.92 Å². The van der Waals surface area contributed by atoms with Crippen LogP contribution in [-0.4, -0.2) is 5.91 Å². The molecule has 3 nitrogen and oxygen atoms in total. The Bertz CT molecular complexity index is 694. The second kappa shape index (κ2) is 8.63. The van der Waals surface area contributed by atoms with Gasteiger partial charge in [-0.3, -0.25) is 10.2 Å². The summed E-state index contributed by atoms with van der Waals surface area (Å²) >= 11 is 0. The van der Waals surface area contributed by atoms with Gasteiger partial charge < -0.3 is 0 Å². The lowest BCUT2D eigenvalue weighted by Gasteiger charge is -2.39. The van der Waals surface area contributed by atoms with Crippen molar-refractivity contribution in [2.75, 3.05) is 0 Å². The maximum Gasteiger partial charge on any atom is 0.265 e. The van der Waals surface area contributed by atoms with Gasteiger partial charge in [-0.25, -0.2) is 5.43 Å². The molecular weight excluding hydrogens is 308 g/mol. The summed E-state index contributed by atoms with van der Waals surface area (Å²) < 4.78 is 0. The minimum absolute atomic E-state index is 0.139. The van der Waals surface area contributed by atoms with Gasteiger partial charge >= 0.3 is 0 Å². The molecule has 132 valence electrons. The molecule has 2 aromatic carbocycles. The number of hydrogen-bond donors (Lipinski definition) is 2. The molecule has 2 atom stereocenters. The molecule has 2 aromatic rings. The highest BCUT2D eigenvalue weighted by Crippen LogP contribution is 2.33. The molecule has 2 rings (SSSR count). The predicted octanol–water partition coefficient (Wildman–Crippen LogP) is 4.61. The molecule has 1 amide bonds. The Morgan fingerprint density at radius 1 is 1.12 bits per heavy atom. The molecule has 3 heteroatoms. The van der Waals surface area contributed by atoms with Gasteiger partial charge in [0.25, 0.3) is 5.91 Å². The highest BCUT2D eigenvalue weighted by atomic mass is 16.2. The minimum atomic E-state index is -0.404. The summed E-state index contributed by atoms with van der Waals surface area (Å²) in [5.41, 5.74) is 8.88. The lowest BCUT2D eigenvalue weighted by molar-refractivity contribution is 0.0883. The molecule has 0 saturated heterocycles. The normalized spacial score (nSPS) is 14.4. The summed E-state index contributed by atoms with van der Waals surface area (Å²) in [6, 6.07) is 17.8. The Morgan fingerprint density at radius 2 is 1.76 bits per heavy atom. The molecule has 0 unspecified atom stereocenters. The maximum absolute atomic E-state index is 12.5. The van der Waals surface area contributed by atoms with Gasteiger partial charge in [-0.2, -0.15) is 0 Å². The summed E-state index contributed by atoms with van der Waals surface area (Å²) in [5.74, 6) is 0.000848. The zero-order valence-corrected chi connectivity index (χ0v) is 15.4. The largest absolute Gasteiger partial charge is 0.287 e. The molecule has 0 aromatic heterocycles. The molecule has 0 aliphatic carbocycles. The van der Waals surface area contributed by atoms with Gasteiger partial charge in [-0.1, -0.05) is 69.3 Å². The first-order chi connectivity index (χ1) is 12.1. The van der Waals surface area contributed by atoms with Gasteiger partial charge in [0.05, 0.1) is 5.54 Å². The topological polar surface area (TPSA) is 41.1 Å². The number of carbonyl (C=O) groups is 1. The van der Waals surface area contributed by atoms with Crippen LogP contribution in [0.3, 0.4) is 0 Å². The monoisotopic (exact) mass is 336 g/mol. The fraction of sp³-hybridized carbons (Fsp3) is 0.318. The van der Waals surface area contributed by atoms with Gasteiger partial charge in [0.15, 0.2) is 0 Å². The van der Waals surface area contributed by atoms with E-state index < -0.39 is 5.54 Å². The number of nitrogens with one attached hydrogen (secondary N) is 2. The first kappa shape index (κ1) is 18.9. The van der Waals surface area contributed by atoms with Crippen molar-refractivity contribution >= 4 is 5.91 Å². The van der Waals surface area contributed by atoms with Crippen LogP contribution in [0.2, 0.25) is 0 Å². The first-order valence-electron chi connectivity index (χ1n) is 8.92. The van der Waals surface area contributed by atoms with Crippen LogP contribution in [0.5, 0.6) is 0 Å². The zero-order valence-electron chi connectivity index (χ0n) is 15.4. The van der Waals surface area contributed by atoms with Crippen LogP contribution in [0.25, 0.3) is 0 Å². The molecule has 0 heterocycles. The molecule has 0 bridgehead atoms. The number of carbonyl (C=O) groups excluding carboxylic acids is 1. The molecular formula is C22H28N2O. The van der Waals surface area contributed by atoms with Crippen LogP contribution >= 0.6 is 0 Å². The maximum atomic E-state index is 12.5. The van der Waals surface area contributed by atoms with E-state index in [1.807, 2.05) is 24.3 Å². The number of benzene rings is 2. The van der Waals surface area contributed by atoms with Crippen LogP contribution in [-0.2, 0) is 12.0 Å². The van der Waals surface area contributed by atoms with Crippen LogP contribution in [0.1, 0.15) is 48.7 Å². The Morgan fingerprint density at radius 3 is 2.28 bits per heavy atom. The Balaban J connectivity index is 2.28. The van der Waals surface area contributed by atoms with E-state index in [1.165, 1.54) is 5.56 Å². The SMILES string of the molecule is C=C[C@H](C)[C@](CC)(NNC(=O)c1ccccc1)c1ccc(CC)cc1. The van der Waals surface area contributed by atoms with Gasteiger partial charge in [-0.15, -0.1) is 6.58 Å². The van der Waals surface area contributed by atoms with Crippen LogP contribution in [0, 0.1) is 5.92 Å². The van der Waals surface area contributed by atoms with E-state index >= 15 is 0 Å². The molecule has 0 fully saturated rings. The smallest absolute Gasteiger partial charge is 0.265 e. The van der Waals surface area contributed by atoms with Gasteiger partial charge in [0, 0.05) is 5.56 Å². The lowest BCUT2D eigenvalue weighted by atomic mass is 9.77. The van der Waals surface area contributed by atoms with E-state index in [2.05, 4.69) is 62.5 Å². The number of hydrogen-bond acceptors (Lipinski definition) is 2. The quantitative estimate of drug-likeness (QED) is 0.546. The second-order valence-electron chi connectivity index (χ2n) is 6.34. The summed E-state index contributed by atoms with van der Waals surface area (Å²) in [4.78, 5) is 12.5. The summed E-state index contributed by atoms with van der Waals surface area (Å²) in [7, 11) is 0. The summed E-state index contributed by atoms with van der Waals surface area (Å²) in [6.07, 6.45) is 3.76. The van der Waals surface area contributed by atoms with Crippen molar-refractivity contribution in [1.82, 2.24) is 10.9 Å². The van der Waals surface area contributed by atoms with E-state index in [4.69, 9.17) is 0 Å². The average Bonchev–Trinajstić information content (AvgIpc) is 2.69. The Labute approximate surface area is 151 Å².